The fourth-order valence-corrected chi connectivity index (χ4v) is 4.88. The number of rotatable bonds is 6. The van der Waals surface area contributed by atoms with Crippen LogP contribution in [0.3, 0.4) is 0 Å². The number of halogens is 1. The number of carbonyl (C=O) groups excluding carboxylic acids is 1. The first-order valence-electron chi connectivity index (χ1n) is 10.2. The zero-order valence-corrected chi connectivity index (χ0v) is 16.8. The molecule has 148 valence electrons. The number of hydrogen-bond acceptors (Lipinski definition) is 3. The van der Waals surface area contributed by atoms with Crippen LogP contribution in [0.15, 0.2) is 42.5 Å². The maximum Gasteiger partial charge on any atom is 0.222 e. The Morgan fingerprint density at radius 2 is 2.04 bits per heavy atom. The molecule has 1 amide bonds. The lowest BCUT2D eigenvalue weighted by Gasteiger charge is -2.39. The summed E-state index contributed by atoms with van der Waals surface area (Å²) < 4.78 is 5.79. The van der Waals surface area contributed by atoms with E-state index in [9.17, 15) is 4.79 Å². The Balaban J connectivity index is 1.71. The van der Waals surface area contributed by atoms with Gasteiger partial charge in [-0.15, -0.1) is 0 Å². The number of hydrogen-bond donors (Lipinski definition) is 1. The van der Waals surface area contributed by atoms with Gasteiger partial charge in [0, 0.05) is 36.5 Å². The van der Waals surface area contributed by atoms with Crippen LogP contribution in [0.4, 0.5) is 0 Å². The highest BCUT2D eigenvalue weighted by molar-refractivity contribution is 6.31. The van der Waals surface area contributed by atoms with E-state index in [-0.39, 0.29) is 17.9 Å². The third-order valence-electron chi connectivity index (χ3n) is 5.99. The quantitative estimate of drug-likeness (QED) is 0.801. The Hall–Kier alpha value is -2.04. The summed E-state index contributed by atoms with van der Waals surface area (Å²) in [5.74, 6) is 1.35. The molecule has 1 heterocycles. The second-order valence-electron chi connectivity index (χ2n) is 7.70. The number of likely N-dealkylation sites (tertiary alicyclic amines) is 1. The van der Waals surface area contributed by atoms with Crippen LogP contribution in [0, 0.1) is 0 Å². The number of benzene rings is 2. The lowest BCUT2D eigenvalue weighted by atomic mass is 9.75. The van der Waals surface area contributed by atoms with Crippen LogP contribution in [0.5, 0.6) is 5.75 Å². The van der Waals surface area contributed by atoms with Crippen LogP contribution in [0.2, 0.25) is 5.02 Å². The Kier molecular flexibility index (Phi) is 5.88. The van der Waals surface area contributed by atoms with E-state index in [0.717, 1.165) is 48.6 Å². The molecule has 0 aromatic heterocycles. The van der Waals surface area contributed by atoms with Crippen LogP contribution in [0.1, 0.15) is 41.9 Å². The lowest BCUT2D eigenvalue weighted by Crippen LogP contribution is -2.43. The molecule has 0 saturated carbocycles. The molecular formula is C23H27ClN2O2. The number of nitrogens with two attached hydrogens (primary N) is 1. The van der Waals surface area contributed by atoms with Crippen LogP contribution in [-0.4, -0.2) is 36.5 Å². The first-order valence-corrected chi connectivity index (χ1v) is 10.5. The standard InChI is InChI=1S/C23H27ClN2O2/c24-21-5-2-1-4-17(21)14-20-19-15-18(28-13-11-25)9-7-16(19)8-10-22(20)26-12-3-6-23(26)27/h1-2,4-5,7,9,15,20,22H,3,6,8,10-14,25H2. The molecule has 4 nitrogen and oxygen atoms in total. The second-order valence-corrected chi connectivity index (χ2v) is 8.10. The van der Waals surface area contributed by atoms with Gasteiger partial charge in [0.25, 0.3) is 0 Å². The SMILES string of the molecule is NCCOc1ccc2c(c1)C(Cc1ccccc1Cl)C(N1CCCC1=O)CC2. The van der Waals surface area contributed by atoms with Gasteiger partial charge in [-0.3, -0.25) is 4.79 Å². The molecule has 2 unspecified atom stereocenters. The van der Waals surface area contributed by atoms with Gasteiger partial charge in [-0.25, -0.2) is 0 Å². The van der Waals surface area contributed by atoms with E-state index in [1.807, 2.05) is 24.3 Å². The summed E-state index contributed by atoms with van der Waals surface area (Å²) >= 11 is 6.49. The van der Waals surface area contributed by atoms with E-state index >= 15 is 0 Å². The van der Waals surface area contributed by atoms with Crippen molar-refractivity contribution < 1.29 is 9.53 Å². The van der Waals surface area contributed by atoms with Gasteiger partial charge >= 0.3 is 0 Å². The fraction of sp³-hybridized carbons (Fsp3) is 0.435. The molecule has 1 aliphatic carbocycles. The Labute approximate surface area is 171 Å². The Bertz CT molecular complexity index is 854. The summed E-state index contributed by atoms with van der Waals surface area (Å²) in [7, 11) is 0. The normalized spacial score (nSPS) is 21.6. The van der Waals surface area contributed by atoms with Crippen molar-refractivity contribution in [2.75, 3.05) is 19.7 Å². The van der Waals surface area contributed by atoms with Crippen molar-refractivity contribution in [1.29, 1.82) is 0 Å². The average Bonchev–Trinajstić information content (AvgIpc) is 3.14. The van der Waals surface area contributed by atoms with Gasteiger partial charge in [0.15, 0.2) is 0 Å². The van der Waals surface area contributed by atoms with Crippen LogP contribution >= 0.6 is 11.6 Å². The summed E-state index contributed by atoms with van der Waals surface area (Å²) in [5.41, 5.74) is 9.36. The zero-order valence-electron chi connectivity index (χ0n) is 16.1. The number of carbonyl (C=O) groups is 1. The van der Waals surface area contributed by atoms with Crippen molar-refractivity contribution >= 4 is 17.5 Å². The minimum absolute atomic E-state index is 0.212. The van der Waals surface area contributed by atoms with Crippen molar-refractivity contribution in [3.8, 4) is 5.75 Å². The topological polar surface area (TPSA) is 55.6 Å². The van der Waals surface area contributed by atoms with Gasteiger partial charge in [-0.2, -0.15) is 0 Å². The third-order valence-corrected chi connectivity index (χ3v) is 6.35. The molecule has 2 N–H and O–H groups in total. The van der Waals surface area contributed by atoms with Crippen molar-refractivity contribution in [2.45, 2.75) is 44.1 Å². The molecule has 5 heteroatoms. The highest BCUT2D eigenvalue weighted by Gasteiger charge is 2.38. The highest BCUT2D eigenvalue weighted by Crippen LogP contribution is 2.41. The molecular weight excluding hydrogens is 372 g/mol. The van der Waals surface area contributed by atoms with Gasteiger partial charge in [0.05, 0.1) is 0 Å². The van der Waals surface area contributed by atoms with E-state index in [1.54, 1.807) is 0 Å². The predicted molar refractivity (Wildman–Crippen MR) is 112 cm³/mol. The minimum Gasteiger partial charge on any atom is -0.492 e. The zero-order chi connectivity index (χ0) is 19.5. The first kappa shape index (κ1) is 19.3. The third kappa shape index (κ3) is 3.89. The maximum absolute atomic E-state index is 12.5. The van der Waals surface area contributed by atoms with Gasteiger partial charge in [0.1, 0.15) is 12.4 Å². The molecule has 1 fully saturated rings. The molecule has 4 rings (SSSR count). The summed E-state index contributed by atoms with van der Waals surface area (Å²) in [6.07, 6.45) is 4.43. The number of nitrogens with zero attached hydrogens (tertiary/aromatic N) is 1. The van der Waals surface area contributed by atoms with E-state index in [1.165, 1.54) is 11.1 Å². The van der Waals surface area contributed by atoms with Gasteiger partial charge in [-0.05, 0) is 60.6 Å². The first-order chi connectivity index (χ1) is 13.7. The highest BCUT2D eigenvalue weighted by atomic mass is 35.5. The Morgan fingerprint density at radius 1 is 1.18 bits per heavy atom. The minimum atomic E-state index is 0.212. The van der Waals surface area contributed by atoms with E-state index in [2.05, 4.69) is 23.1 Å². The second kappa shape index (κ2) is 8.54. The maximum atomic E-state index is 12.5. The van der Waals surface area contributed by atoms with E-state index < -0.39 is 0 Å². The van der Waals surface area contributed by atoms with Crippen molar-refractivity contribution in [1.82, 2.24) is 4.90 Å². The molecule has 0 spiro atoms. The number of ether oxygens (including phenoxy) is 1. The molecule has 0 bridgehead atoms. The van der Waals surface area contributed by atoms with Crippen LogP contribution < -0.4 is 10.5 Å². The Morgan fingerprint density at radius 3 is 2.79 bits per heavy atom. The molecule has 2 atom stereocenters. The fourth-order valence-electron chi connectivity index (χ4n) is 4.66. The molecule has 0 radical (unpaired) electrons. The predicted octanol–water partition coefficient (Wildman–Crippen LogP) is 3.94. The molecule has 28 heavy (non-hydrogen) atoms. The number of aryl methyl sites for hydroxylation is 1. The summed E-state index contributed by atoms with van der Waals surface area (Å²) in [6, 6.07) is 14.6. The van der Waals surface area contributed by atoms with Crippen LogP contribution in [0.25, 0.3) is 0 Å². The summed E-state index contributed by atoms with van der Waals surface area (Å²) in [6.45, 7) is 1.86. The summed E-state index contributed by atoms with van der Waals surface area (Å²) in [5, 5.41) is 0.789. The van der Waals surface area contributed by atoms with Gasteiger partial charge in [0.2, 0.25) is 5.91 Å². The number of amides is 1. The van der Waals surface area contributed by atoms with Crippen LogP contribution in [-0.2, 0) is 17.6 Å². The molecule has 2 aromatic carbocycles. The molecule has 1 aliphatic heterocycles. The smallest absolute Gasteiger partial charge is 0.222 e. The largest absolute Gasteiger partial charge is 0.492 e. The molecule has 2 aliphatic rings. The van der Waals surface area contributed by atoms with Gasteiger partial charge in [-0.1, -0.05) is 35.9 Å². The van der Waals surface area contributed by atoms with E-state index in [0.29, 0.717) is 19.6 Å². The average molecular weight is 399 g/mol. The molecule has 2 aromatic rings. The molecule has 1 saturated heterocycles. The van der Waals surface area contributed by atoms with Crippen molar-refractivity contribution in [3.05, 3.63) is 64.2 Å². The van der Waals surface area contributed by atoms with E-state index in [4.69, 9.17) is 22.1 Å². The van der Waals surface area contributed by atoms with Gasteiger partial charge < -0.3 is 15.4 Å². The van der Waals surface area contributed by atoms with Crippen molar-refractivity contribution in [2.24, 2.45) is 5.73 Å². The monoisotopic (exact) mass is 398 g/mol. The number of fused-ring (bicyclic) bond motifs is 1. The lowest BCUT2D eigenvalue weighted by molar-refractivity contribution is -0.130. The summed E-state index contributed by atoms with van der Waals surface area (Å²) in [4.78, 5) is 14.6. The van der Waals surface area contributed by atoms with Crippen molar-refractivity contribution in [3.63, 3.8) is 0 Å².